The second kappa shape index (κ2) is 11.0. The first kappa shape index (κ1) is 25.7. The Morgan fingerprint density at radius 1 is 1.11 bits per heavy atom. The number of hydrogen-bond donors (Lipinski definition) is 2. The first-order valence-corrected chi connectivity index (χ1v) is 11.7. The molecule has 1 aromatic heterocycles. The van der Waals surface area contributed by atoms with Gasteiger partial charge in [-0.25, -0.2) is 0 Å². The lowest BCUT2D eigenvalue weighted by Crippen LogP contribution is -2.39. The summed E-state index contributed by atoms with van der Waals surface area (Å²) >= 11 is 0. The highest BCUT2D eigenvalue weighted by atomic mass is 16.4. The predicted octanol–water partition coefficient (Wildman–Crippen LogP) is 4.51. The van der Waals surface area contributed by atoms with Gasteiger partial charge < -0.3 is 19.9 Å². The smallest absolute Gasteiger partial charge is 0.305 e. The summed E-state index contributed by atoms with van der Waals surface area (Å²) in [7, 11) is 1.94. The monoisotopic (exact) mass is 475 g/mol. The van der Waals surface area contributed by atoms with E-state index in [0.29, 0.717) is 12.0 Å². The molecule has 0 bridgehead atoms. The van der Waals surface area contributed by atoms with Crippen molar-refractivity contribution in [3.8, 4) is 0 Å². The minimum absolute atomic E-state index is 0.152. The Balaban J connectivity index is 1.96. The fourth-order valence-electron chi connectivity index (χ4n) is 4.22. The zero-order chi connectivity index (χ0) is 25.7. The second-order valence-electron chi connectivity index (χ2n) is 9.26. The highest BCUT2D eigenvalue weighted by Crippen LogP contribution is 2.31. The summed E-state index contributed by atoms with van der Waals surface area (Å²) in [5.74, 6) is -1.26. The van der Waals surface area contributed by atoms with Gasteiger partial charge in [0, 0.05) is 36.3 Å². The van der Waals surface area contributed by atoms with E-state index in [0.717, 1.165) is 22.5 Å². The molecule has 184 valence electrons. The van der Waals surface area contributed by atoms with Gasteiger partial charge in [-0.15, -0.1) is 0 Å². The summed E-state index contributed by atoms with van der Waals surface area (Å²) in [6.07, 6.45) is 5.68. The first-order chi connectivity index (χ1) is 16.6. The van der Waals surface area contributed by atoms with Gasteiger partial charge in [0.1, 0.15) is 6.04 Å². The Kier molecular flexibility index (Phi) is 8.12. The largest absolute Gasteiger partial charge is 0.481 e. The Morgan fingerprint density at radius 3 is 2.51 bits per heavy atom. The molecule has 1 aromatic carbocycles. The van der Waals surface area contributed by atoms with E-state index in [9.17, 15) is 19.5 Å². The molecule has 1 amide bonds. The number of benzene rings is 1. The lowest BCUT2D eigenvalue weighted by atomic mass is 9.94. The van der Waals surface area contributed by atoms with E-state index in [4.69, 9.17) is 0 Å². The number of allylic oxidation sites excluding steroid dienone is 4. The van der Waals surface area contributed by atoms with Crippen molar-refractivity contribution in [2.45, 2.75) is 45.7 Å². The number of carboxylic acid groups (broad SMARTS) is 1. The van der Waals surface area contributed by atoms with E-state index in [1.807, 2.05) is 69.1 Å². The first-order valence-electron chi connectivity index (χ1n) is 11.7. The number of likely N-dealkylation sites (N-methyl/N-ethyl adjacent to an activating group) is 1. The Labute approximate surface area is 206 Å². The summed E-state index contributed by atoms with van der Waals surface area (Å²) in [5, 5.41) is 12.5. The normalized spacial score (nSPS) is 15.3. The van der Waals surface area contributed by atoms with Crippen molar-refractivity contribution in [3.05, 3.63) is 100 Å². The molecule has 2 aromatic rings. The number of amides is 1. The molecular formula is C28H33N3O4. The standard InChI is InChI=1S/C28H33N3O4/c1-18(2)15-25(31-14-7-6-11-26(31)32)28(35)29-24(17-27(33)34)22-10-8-9-21(16-22)23-13-12-19(3)30(5)20(23)4/h6-14,16,18,24-25H,3,15,17H2,1-2,4-5H3,(H,29,35)(H,33,34)/t24-,25+/m0/s1. The van der Waals surface area contributed by atoms with Crippen LogP contribution >= 0.6 is 0 Å². The summed E-state index contributed by atoms with van der Waals surface area (Å²) in [6, 6.07) is 10.8. The number of aromatic nitrogens is 1. The molecule has 0 radical (unpaired) electrons. The van der Waals surface area contributed by atoms with Crippen molar-refractivity contribution in [1.29, 1.82) is 0 Å². The van der Waals surface area contributed by atoms with E-state index in [1.54, 1.807) is 18.3 Å². The van der Waals surface area contributed by atoms with E-state index < -0.39 is 18.1 Å². The van der Waals surface area contributed by atoms with Crippen molar-refractivity contribution in [2.24, 2.45) is 5.92 Å². The molecule has 0 unspecified atom stereocenters. The maximum absolute atomic E-state index is 13.4. The molecule has 35 heavy (non-hydrogen) atoms. The van der Waals surface area contributed by atoms with Crippen LogP contribution in [0.4, 0.5) is 0 Å². The van der Waals surface area contributed by atoms with Gasteiger partial charge >= 0.3 is 5.97 Å². The molecular weight excluding hydrogens is 442 g/mol. The second-order valence-corrected chi connectivity index (χ2v) is 9.26. The molecule has 2 N–H and O–H groups in total. The fourth-order valence-corrected chi connectivity index (χ4v) is 4.22. The summed E-state index contributed by atoms with van der Waals surface area (Å²) in [6.45, 7) is 9.98. The predicted molar refractivity (Wildman–Crippen MR) is 137 cm³/mol. The third kappa shape index (κ3) is 6.18. The van der Waals surface area contributed by atoms with Gasteiger partial charge in [0.25, 0.3) is 5.56 Å². The Morgan fingerprint density at radius 2 is 1.86 bits per heavy atom. The van der Waals surface area contributed by atoms with Crippen molar-refractivity contribution in [1.82, 2.24) is 14.8 Å². The fraction of sp³-hybridized carbons (Fsp3) is 0.321. The molecule has 3 rings (SSSR count). The number of carbonyl (C=O) groups is 2. The van der Waals surface area contributed by atoms with Crippen LogP contribution in [0, 0.1) is 5.92 Å². The topological polar surface area (TPSA) is 91.6 Å². The number of rotatable bonds is 9. The molecule has 1 aliphatic heterocycles. The number of carbonyl (C=O) groups excluding carboxylic acids is 1. The van der Waals surface area contributed by atoms with Crippen LogP contribution in [-0.4, -0.2) is 33.5 Å². The Hall–Kier alpha value is -3.87. The summed E-state index contributed by atoms with van der Waals surface area (Å²) in [5.41, 5.74) is 4.22. The van der Waals surface area contributed by atoms with Crippen LogP contribution in [-0.2, 0) is 9.59 Å². The molecule has 0 fully saturated rings. The van der Waals surface area contributed by atoms with Gasteiger partial charge in [-0.1, -0.05) is 50.8 Å². The van der Waals surface area contributed by atoms with Crippen LogP contribution in [0.3, 0.4) is 0 Å². The van der Waals surface area contributed by atoms with Crippen molar-refractivity contribution in [3.63, 3.8) is 0 Å². The van der Waals surface area contributed by atoms with Gasteiger partial charge in [0.05, 0.1) is 12.5 Å². The van der Waals surface area contributed by atoms with Crippen molar-refractivity contribution in [2.75, 3.05) is 7.05 Å². The molecule has 0 saturated carbocycles. The maximum Gasteiger partial charge on any atom is 0.305 e. The van der Waals surface area contributed by atoms with E-state index in [1.165, 1.54) is 10.6 Å². The van der Waals surface area contributed by atoms with Gasteiger partial charge in [-0.05, 0) is 48.6 Å². The number of nitrogens with zero attached hydrogens (tertiary/aromatic N) is 2. The van der Waals surface area contributed by atoms with E-state index in [2.05, 4.69) is 11.9 Å². The zero-order valence-electron chi connectivity index (χ0n) is 20.7. The lowest BCUT2D eigenvalue weighted by Gasteiger charge is -2.27. The third-order valence-electron chi connectivity index (χ3n) is 6.25. The summed E-state index contributed by atoms with van der Waals surface area (Å²) in [4.78, 5) is 39.6. The highest BCUT2D eigenvalue weighted by molar-refractivity contribution is 5.82. The molecule has 0 saturated heterocycles. The lowest BCUT2D eigenvalue weighted by molar-refractivity contribution is -0.138. The summed E-state index contributed by atoms with van der Waals surface area (Å²) < 4.78 is 1.41. The number of carboxylic acids is 1. The van der Waals surface area contributed by atoms with Crippen LogP contribution < -0.4 is 10.9 Å². The third-order valence-corrected chi connectivity index (χ3v) is 6.25. The van der Waals surface area contributed by atoms with Crippen molar-refractivity contribution < 1.29 is 14.7 Å². The quantitative estimate of drug-likeness (QED) is 0.557. The zero-order valence-corrected chi connectivity index (χ0v) is 20.7. The van der Waals surface area contributed by atoms with Gasteiger partial charge in [-0.2, -0.15) is 0 Å². The van der Waals surface area contributed by atoms with Crippen LogP contribution in [0.2, 0.25) is 0 Å². The molecule has 2 heterocycles. The number of aliphatic carboxylic acids is 1. The van der Waals surface area contributed by atoms with E-state index in [-0.39, 0.29) is 23.8 Å². The molecule has 7 nitrogen and oxygen atoms in total. The van der Waals surface area contributed by atoms with Gasteiger partial charge in [0.15, 0.2) is 0 Å². The molecule has 1 aliphatic rings. The minimum atomic E-state index is -1.03. The highest BCUT2D eigenvalue weighted by Gasteiger charge is 2.27. The number of nitrogens with one attached hydrogen (secondary N) is 1. The maximum atomic E-state index is 13.4. The molecule has 7 heteroatoms. The SMILES string of the molecule is C=C1C=CC(c2cccc([C@H](CC(=O)O)NC(=O)[C@@H](CC(C)C)n3ccccc3=O)c2)=C(C)N1C. The van der Waals surface area contributed by atoms with Gasteiger partial charge in [-0.3, -0.25) is 14.4 Å². The van der Waals surface area contributed by atoms with Crippen LogP contribution in [0.25, 0.3) is 5.57 Å². The number of pyridine rings is 1. The average Bonchev–Trinajstić information content (AvgIpc) is 2.81. The van der Waals surface area contributed by atoms with Crippen LogP contribution in [0.1, 0.15) is 56.8 Å². The number of hydrogen-bond acceptors (Lipinski definition) is 4. The van der Waals surface area contributed by atoms with Crippen LogP contribution in [0.15, 0.2) is 83.6 Å². The molecule has 0 spiro atoms. The Bertz CT molecular complexity index is 1240. The molecule has 2 atom stereocenters. The van der Waals surface area contributed by atoms with Gasteiger partial charge in [0.2, 0.25) is 5.91 Å². The molecule has 0 aliphatic carbocycles. The van der Waals surface area contributed by atoms with Crippen LogP contribution in [0.5, 0.6) is 0 Å². The van der Waals surface area contributed by atoms with Crippen molar-refractivity contribution >= 4 is 17.4 Å². The minimum Gasteiger partial charge on any atom is -0.481 e. The van der Waals surface area contributed by atoms with E-state index >= 15 is 0 Å². The average molecular weight is 476 g/mol.